The molecule has 0 aliphatic heterocycles. The quantitative estimate of drug-likeness (QED) is 0.0375. The van der Waals surface area contributed by atoms with Gasteiger partial charge in [0.05, 0.1) is 6.61 Å². The second-order valence-corrected chi connectivity index (χ2v) is 25.0. The van der Waals surface area contributed by atoms with Gasteiger partial charge in [0.15, 0.2) is 16.6 Å². The molecule has 6 nitrogen and oxygen atoms in total. The molecule has 1 aromatic rings. The Morgan fingerprint density at radius 3 is 1.33 bits per heavy atom. The molecule has 0 aromatic heterocycles. The summed E-state index contributed by atoms with van der Waals surface area (Å²) in [6.07, 6.45) is 19.3. The largest absolute Gasteiger partial charge is 0.500 e. The molecule has 0 spiro atoms. The van der Waals surface area contributed by atoms with E-state index in [9.17, 15) is 0 Å². The predicted octanol–water partition coefficient (Wildman–Crippen LogP) is 10.3. The Kier molecular flexibility index (Phi) is 22.6. The van der Waals surface area contributed by atoms with Crippen molar-refractivity contribution in [2.24, 2.45) is 0 Å². The zero-order valence-electron chi connectivity index (χ0n) is 28.5. The normalized spacial score (nSPS) is 12.7. The summed E-state index contributed by atoms with van der Waals surface area (Å²) in [6.45, 7) is 11.0. The van der Waals surface area contributed by atoms with Crippen LogP contribution in [0.25, 0.3) is 0 Å². The van der Waals surface area contributed by atoms with Gasteiger partial charge in [-0.05, 0) is 56.7 Å². The second-order valence-electron chi connectivity index (χ2n) is 13.0. The molecule has 0 unspecified atom stereocenters. The number of unbranched alkanes of at least 4 members (excludes halogenated alkanes) is 13. The van der Waals surface area contributed by atoms with Crippen LogP contribution in [0.2, 0.25) is 44.3 Å². The Hall–Kier alpha value is -0.369. The van der Waals surface area contributed by atoms with Crippen LogP contribution in [0.5, 0.6) is 0 Å². The Labute approximate surface area is 263 Å². The van der Waals surface area contributed by atoms with Crippen LogP contribution in [0.15, 0.2) is 30.3 Å². The van der Waals surface area contributed by atoms with E-state index in [1.807, 2.05) is 18.2 Å². The third-order valence-corrected chi connectivity index (χ3v) is 18.5. The molecule has 0 saturated carbocycles. The lowest BCUT2D eigenvalue weighted by atomic mass is 10.1. The van der Waals surface area contributed by atoms with Gasteiger partial charge in [-0.15, -0.1) is 0 Å². The van der Waals surface area contributed by atoms with Gasteiger partial charge in [-0.3, -0.25) is 0 Å². The van der Waals surface area contributed by atoms with Gasteiger partial charge in [-0.2, -0.15) is 0 Å². The predicted molar refractivity (Wildman–Crippen MR) is 184 cm³/mol. The lowest BCUT2D eigenvalue weighted by Gasteiger charge is -2.34. The number of hydrogen-bond donors (Lipinski definition) is 0. The van der Waals surface area contributed by atoms with Gasteiger partial charge < -0.3 is 17.4 Å². The number of hydrogen-bond acceptors (Lipinski definition) is 6. The fraction of sp³-hybridized carbons (Fsp3) is 0.818. The van der Waals surface area contributed by atoms with Crippen molar-refractivity contribution in [3.8, 4) is 0 Å². The van der Waals surface area contributed by atoms with E-state index in [-0.39, 0.29) is 0 Å². The van der Waals surface area contributed by atoms with Crippen molar-refractivity contribution < 1.29 is 27.2 Å². The minimum Gasteiger partial charge on any atom is -0.455 e. The summed E-state index contributed by atoms with van der Waals surface area (Å²) in [6, 6.07) is 13.7. The highest BCUT2D eigenvalue weighted by Gasteiger charge is 2.36. The van der Waals surface area contributed by atoms with Crippen molar-refractivity contribution in [2.75, 3.05) is 27.9 Å². The fourth-order valence-electron chi connectivity index (χ4n) is 5.70. The molecule has 0 aliphatic carbocycles. The number of benzene rings is 1. The van der Waals surface area contributed by atoms with E-state index in [1.54, 1.807) is 21.3 Å². The van der Waals surface area contributed by atoms with E-state index in [2.05, 4.69) is 38.3 Å². The van der Waals surface area contributed by atoms with Crippen LogP contribution in [0, 0.1) is 0 Å². The Morgan fingerprint density at radius 2 is 0.881 bits per heavy atom. The van der Waals surface area contributed by atoms with E-state index in [0.29, 0.717) is 13.2 Å². The first-order chi connectivity index (χ1) is 20.2. The standard InChI is InChI=1S/C33H66O6Si3/c1-34-42(35-2,36-3)31-25-18-14-13-17-24-30-41(6,7)39-40(4,5)29-23-16-12-10-8-9-11-15-22-28-37-38-32-33-26-20-19-21-27-33/h19-21,26-27H,8-18,22-25,28-32H2,1-7H3. The smallest absolute Gasteiger partial charge is 0.455 e. The van der Waals surface area contributed by atoms with Gasteiger partial charge >= 0.3 is 8.80 Å². The first-order valence-corrected chi connectivity index (χ1v) is 25.0. The Balaban J connectivity index is 1.95. The maximum Gasteiger partial charge on any atom is 0.500 e. The van der Waals surface area contributed by atoms with Crippen LogP contribution in [0.3, 0.4) is 0 Å². The lowest BCUT2D eigenvalue weighted by Crippen LogP contribution is -2.44. The maximum absolute atomic E-state index is 6.90. The molecule has 0 atom stereocenters. The van der Waals surface area contributed by atoms with Gasteiger partial charge in [0.25, 0.3) is 0 Å². The summed E-state index contributed by atoms with van der Waals surface area (Å²) in [5, 5.41) is 0. The molecule has 0 N–H and O–H groups in total. The highest BCUT2D eigenvalue weighted by molar-refractivity contribution is 6.84. The monoisotopic (exact) mass is 642 g/mol. The fourth-order valence-corrected chi connectivity index (χ4v) is 16.5. The molecule has 0 heterocycles. The molecule has 0 saturated heterocycles. The van der Waals surface area contributed by atoms with Crippen LogP contribution in [-0.2, 0) is 33.8 Å². The highest BCUT2D eigenvalue weighted by atomic mass is 28.4. The van der Waals surface area contributed by atoms with Crippen molar-refractivity contribution in [3.05, 3.63) is 35.9 Å². The Morgan fingerprint density at radius 1 is 0.476 bits per heavy atom. The van der Waals surface area contributed by atoms with E-state index < -0.39 is 25.4 Å². The third-order valence-electron chi connectivity index (χ3n) is 8.16. The summed E-state index contributed by atoms with van der Waals surface area (Å²) in [5.74, 6) is 0. The zero-order chi connectivity index (χ0) is 31.0. The minimum absolute atomic E-state index is 0.525. The average Bonchev–Trinajstić information content (AvgIpc) is 2.97. The molecule has 0 bridgehead atoms. The van der Waals surface area contributed by atoms with Crippen molar-refractivity contribution in [3.63, 3.8) is 0 Å². The van der Waals surface area contributed by atoms with E-state index in [4.69, 9.17) is 27.2 Å². The molecule has 246 valence electrons. The van der Waals surface area contributed by atoms with Crippen LogP contribution in [0.1, 0.15) is 102 Å². The lowest BCUT2D eigenvalue weighted by molar-refractivity contribution is -0.304. The van der Waals surface area contributed by atoms with Crippen molar-refractivity contribution in [2.45, 2.75) is 147 Å². The topological polar surface area (TPSA) is 55.4 Å². The summed E-state index contributed by atoms with van der Waals surface area (Å²) in [5.41, 5.74) is 1.15. The summed E-state index contributed by atoms with van der Waals surface area (Å²) in [4.78, 5) is 10.6. The van der Waals surface area contributed by atoms with Crippen molar-refractivity contribution in [1.82, 2.24) is 0 Å². The molecule has 0 aliphatic rings. The molecule has 9 heteroatoms. The maximum atomic E-state index is 6.90. The van der Waals surface area contributed by atoms with Gasteiger partial charge in [0.2, 0.25) is 0 Å². The zero-order valence-corrected chi connectivity index (χ0v) is 31.5. The molecule has 1 rings (SSSR count). The van der Waals surface area contributed by atoms with Crippen LogP contribution in [0.4, 0.5) is 0 Å². The first kappa shape index (κ1) is 39.7. The average molecular weight is 643 g/mol. The molecule has 1 aromatic carbocycles. The van der Waals surface area contributed by atoms with Gasteiger partial charge in [0, 0.05) is 27.4 Å². The highest BCUT2D eigenvalue weighted by Crippen LogP contribution is 2.26. The first-order valence-electron chi connectivity index (χ1n) is 16.8. The van der Waals surface area contributed by atoms with Crippen LogP contribution >= 0.6 is 0 Å². The van der Waals surface area contributed by atoms with E-state index >= 15 is 0 Å². The second kappa shape index (κ2) is 23.9. The van der Waals surface area contributed by atoms with Crippen LogP contribution in [-0.4, -0.2) is 53.4 Å². The molecule has 42 heavy (non-hydrogen) atoms. The molecule has 0 amide bonds. The van der Waals surface area contributed by atoms with E-state index in [0.717, 1.165) is 24.4 Å². The molecular weight excluding hydrogens is 577 g/mol. The van der Waals surface area contributed by atoms with Gasteiger partial charge in [-0.25, -0.2) is 9.78 Å². The minimum atomic E-state index is -2.39. The van der Waals surface area contributed by atoms with E-state index in [1.165, 1.54) is 95.6 Å². The number of rotatable bonds is 29. The van der Waals surface area contributed by atoms with Crippen molar-refractivity contribution >= 4 is 25.4 Å². The molecular formula is C33H66O6Si3. The van der Waals surface area contributed by atoms with Crippen molar-refractivity contribution in [1.29, 1.82) is 0 Å². The van der Waals surface area contributed by atoms with Gasteiger partial charge in [-0.1, -0.05) is 114 Å². The summed E-state index contributed by atoms with van der Waals surface area (Å²) >= 11 is 0. The Bertz CT molecular complexity index is 738. The van der Waals surface area contributed by atoms with Gasteiger partial charge in [0.1, 0.15) is 6.61 Å². The SMILES string of the molecule is CO[Si](CCCCCCCC[Si](C)(C)O[Si](C)(C)CCCCCCCCCCCOOCc1ccccc1)(OC)OC. The molecule has 0 fully saturated rings. The molecule has 0 radical (unpaired) electrons. The summed E-state index contributed by atoms with van der Waals surface area (Å²) < 4.78 is 23.5. The van der Waals surface area contributed by atoms with Crippen LogP contribution < -0.4 is 0 Å². The third kappa shape index (κ3) is 20.6. The summed E-state index contributed by atoms with van der Waals surface area (Å²) in [7, 11) is -0.430.